The summed E-state index contributed by atoms with van der Waals surface area (Å²) in [6, 6.07) is 1.23. The van der Waals surface area contributed by atoms with Gasteiger partial charge in [-0.05, 0) is 38.5 Å². The van der Waals surface area contributed by atoms with Gasteiger partial charge in [-0.1, -0.05) is 286 Å². The van der Waals surface area contributed by atoms with Gasteiger partial charge in [0.15, 0.2) is 0 Å². The lowest BCUT2D eigenvalue weighted by atomic mass is 9.97. The maximum atomic E-state index is 11.3. The lowest BCUT2D eigenvalue weighted by molar-refractivity contribution is 0.0268. The standard InChI is InChI=1S/C70H144N4O4S2/c1-7-13-19-23-27-31-35-41-47-67(75)61-71(62-68(76)48-42-36-32-28-24-20-14-8-2)51-55-79-57-53-73-59-66(46-40-18-12-6)74(60-65(73)45-39-17-11-5)54-58-80-56-52-72(63-69(77)49-43-37-33-29-25-21-15-9-3)64-70(78)50-44-38-34-30-26-22-16-10-4/h65-70,75-78H,7-64H2,1-6H3. The normalized spacial score (nSPS) is 17.1. The molecule has 480 valence electrons. The number of rotatable bonds is 64. The van der Waals surface area contributed by atoms with Crippen molar-refractivity contribution in [2.45, 2.75) is 361 Å². The molecular formula is C70H144N4O4S2. The summed E-state index contributed by atoms with van der Waals surface area (Å²) in [4.78, 5) is 10.6. The van der Waals surface area contributed by atoms with Crippen LogP contribution >= 0.6 is 23.5 Å². The van der Waals surface area contributed by atoms with Crippen molar-refractivity contribution >= 4 is 23.5 Å². The first-order chi connectivity index (χ1) is 39.2. The minimum atomic E-state index is -0.310. The molecule has 80 heavy (non-hydrogen) atoms. The maximum absolute atomic E-state index is 11.3. The average molecular weight is 1170 g/mol. The maximum Gasteiger partial charge on any atom is 0.0667 e. The van der Waals surface area contributed by atoms with E-state index in [1.165, 1.54) is 244 Å². The number of piperazine rings is 1. The third kappa shape index (κ3) is 48.5. The molecule has 0 saturated carbocycles. The molecule has 0 bridgehead atoms. The Labute approximate surface area is 509 Å². The molecule has 0 aromatic carbocycles. The Kier molecular flexibility index (Phi) is 58.5. The van der Waals surface area contributed by atoms with Gasteiger partial charge in [0.2, 0.25) is 0 Å². The Morgan fingerprint density at radius 2 is 0.537 bits per heavy atom. The zero-order chi connectivity index (χ0) is 58.2. The molecule has 6 atom stereocenters. The van der Waals surface area contributed by atoms with E-state index in [-0.39, 0.29) is 24.4 Å². The van der Waals surface area contributed by atoms with Gasteiger partial charge < -0.3 is 20.4 Å². The highest BCUT2D eigenvalue weighted by Gasteiger charge is 2.33. The fourth-order valence-corrected chi connectivity index (χ4v) is 14.4. The van der Waals surface area contributed by atoms with Gasteiger partial charge in [0, 0.05) is 101 Å². The molecule has 1 saturated heterocycles. The SMILES string of the molecule is CCCCCCCCCCC(O)CN(CCSCCN1CC(CCCCC)N(CCSCCN(CC(O)CCCCCCCCCC)CC(O)CCCCCCCCCC)CC1CCCCC)CC(O)CCCCCCCCCC. The predicted molar refractivity (Wildman–Crippen MR) is 359 cm³/mol. The molecule has 1 aliphatic rings. The minimum Gasteiger partial charge on any atom is -0.392 e. The number of unbranched alkanes of at least 4 members (excludes halogenated alkanes) is 32. The molecule has 0 spiro atoms. The number of hydrogen-bond acceptors (Lipinski definition) is 10. The minimum absolute atomic E-state index is 0.310. The van der Waals surface area contributed by atoms with E-state index in [0.29, 0.717) is 38.3 Å². The summed E-state index contributed by atoms with van der Waals surface area (Å²) >= 11 is 4.19. The van der Waals surface area contributed by atoms with E-state index >= 15 is 0 Å². The lowest BCUT2D eigenvalue weighted by Crippen LogP contribution is -2.59. The smallest absolute Gasteiger partial charge is 0.0667 e. The fraction of sp³-hybridized carbons (Fsp3) is 1.00. The Bertz CT molecular complexity index is 1080. The average Bonchev–Trinajstić information content (AvgIpc) is 3.44. The monoisotopic (exact) mass is 1170 g/mol. The van der Waals surface area contributed by atoms with Crippen molar-refractivity contribution in [2.75, 3.05) is 88.5 Å². The molecule has 0 aromatic rings. The molecule has 1 aliphatic heterocycles. The zero-order valence-electron chi connectivity index (χ0n) is 54.9. The Hall–Kier alpha value is 0.380. The molecule has 1 heterocycles. The number of aliphatic hydroxyl groups is 4. The molecule has 6 unspecified atom stereocenters. The van der Waals surface area contributed by atoms with E-state index < -0.39 is 0 Å². The van der Waals surface area contributed by atoms with Crippen LogP contribution in [0.15, 0.2) is 0 Å². The van der Waals surface area contributed by atoms with Crippen molar-refractivity contribution in [3.05, 3.63) is 0 Å². The van der Waals surface area contributed by atoms with E-state index in [2.05, 4.69) is 84.7 Å². The molecule has 4 N–H and O–H groups in total. The third-order valence-corrected chi connectivity index (χ3v) is 19.7. The van der Waals surface area contributed by atoms with Crippen LogP contribution in [0.4, 0.5) is 0 Å². The molecular weight excluding hydrogens is 1020 g/mol. The van der Waals surface area contributed by atoms with Gasteiger partial charge in [0.1, 0.15) is 0 Å². The van der Waals surface area contributed by atoms with Crippen LogP contribution in [0.2, 0.25) is 0 Å². The number of hydrogen-bond donors (Lipinski definition) is 4. The molecule has 0 aromatic heterocycles. The largest absolute Gasteiger partial charge is 0.392 e. The Morgan fingerprint density at radius 1 is 0.312 bits per heavy atom. The van der Waals surface area contributed by atoms with Gasteiger partial charge in [-0.2, -0.15) is 23.5 Å². The first-order valence-electron chi connectivity index (χ1n) is 36.0. The van der Waals surface area contributed by atoms with Gasteiger partial charge in [0.05, 0.1) is 24.4 Å². The zero-order valence-corrected chi connectivity index (χ0v) is 56.5. The van der Waals surface area contributed by atoms with Crippen molar-refractivity contribution in [1.82, 2.24) is 19.6 Å². The summed E-state index contributed by atoms with van der Waals surface area (Å²) in [6.45, 7) is 23.1. The van der Waals surface area contributed by atoms with Crippen LogP contribution in [0.25, 0.3) is 0 Å². The first kappa shape index (κ1) is 78.4. The number of nitrogens with zero attached hydrogens (tertiary/aromatic N) is 4. The lowest BCUT2D eigenvalue weighted by Gasteiger charge is -2.47. The quantitative estimate of drug-likeness (QED) is 0.0441. The van der Waals surface area contributed by atoms with Gasteiger partial charge in [0.25, 0.3) is 0 Å². The van der Waals surface area contributed by atoms with Gasteiger partial charge in [-0.25, -0.2) is 0 Å². The van der Waals surface area contributed by atoms with Crippen LogP contribution in [-0.2, 0) is 0 Å². The molecule has 10 heteroatoms. The topological polar surface area (TPSA) is 93.9 Å². The summed E-state index contributed by atoms with van der Waals surface area (Å²) in [5, 5.41) is 45.1. The Balaban J connectivity index is 2.87. The van der Waals surface area contributed by atoms with Crippen LogP contribution < -0.4 is 0 Å². The van der Waals surface area contributed by atoms with Crippen LogP contribution in [0, 0.1) is 0 Å². The van der Waals surface area contributed by atoms with E-state index in [9.17, 15) is 20.4 Å². The van der Waals surface area contributed by atoms with E-state index in [1.807, 2.05) is 0 Å². The van der Waals surface area contributed by atoms with Crippen molar-refractivity contribution in [1.29, 1.82) is 0 Å². The van der Waals surface area contributed by atoms with Crippen molar-refractivity contribution in [3.63, 3.8) is 0 Å². The van der Waals surface area contributed by atoms with Gasteiger partial charge in [-0.3, -0.25) is 19.6 Å². The second-order valence-electron chi connectivity index (χ2n) is 25.7. The summed E-state index contributed by atoms with van der Waals surface area (Å²) < 4.78 is 0. The van der Waals surface area contributed by atoms with Crippen LogP contribution in [0.1, 0.15) is 324 Å². The van der Waals surface area contributed by atoms with Crippen LogP contribution in [-0.4, -0.2) is 165 Å². The Morgan fingerprint density at radius 3 is 0.787 bits per heavy atom. The predicted octanol–water partition coefficient (Wildman–Crippen LogP) is 18.1. The highest BCUT2D eigenvalue weighted by Crippen LogP contribution is 2.25. The molecule has 1 fully saturated rings. The summed E-state index contributed by atoms with van der Waals surface area (Å²) in [5.74, 6) is 4.41. The first-order valence-corrected chi connectivity index (χ1v) is 38.3. The van der Waals surface area contributed by atoms with E-state index in [1.54, 1.807) is 0 Å². The summed E-state index contributed by atoms with van der Waals surface area (Å²) in [6.07, 6.45) is 54.0. The second kappa shape index (κ2) is 59.7. The molecule has 8 nitrogen and oxygen atoms in total. The van der Waals surface area contributed by atoms with E-state index in [0.717, 1.165) is 101 Å². The van der Waals surface area contributed by atoms with E-state index in [4.69, 9.17) is 0 Å². The van der Waals surface area contributed by atoms with Crippen molar-refractivity contribution in [2.24, 2.45) is 0 Å². The second-order valence-corrected chi connectivity index (χ2v) is 28.2. The molecule has 0 amide bonds. The van der Waals surface area contributed by atoms with Crippen molar-refractivity contribution < 1.29 is 20.4 Å². The highest BCUT2D eigenvalue weighted by atomic mass is 32.2. The van der Waals surface area contributed by atoms with Gasteiger partial charge >= 0.3 is 0 Å². The summed E-state index contributed by atoms with van der Waals surface area (Å²) in [5.41, 5.74) is 0. The molecule has 0 aliphatic carbocycles. The number of aliphatic hydroxyl groups excluding tert-OH is 4. The van der Waals surface area contributed by atoms with Crippen molar-refractivity contribution in [3.8, 4) is 0 Å². The van der Waals surface area contributed by atoms with Crippen LogP contribution in [0.5, 0.6) is 0 Å². The number of thioether (sulfide) groups is 2. The fourth-order valence-electron chi connectivity index (χ4n) is 12.5. The third-order valence-electron chi connectivity index (χ3n) is 17.8. The molecule has 1 rings (SSSR count). The molecule has 0 radical (unpaired) electrons. The highest BCUT2D eigenvalue weighted by molar-refractivity contribution is 7.99. The summed E-state index contributed by atoms with van der Waals surface area (Å²) in [7, 11) is 0. The van der Waals surface area contributed by atoms with Gasteiger partial charge in [-0.15, -0.1) is 0 Å². The van der Waals surface area contributed by atoms with Crippen LogP contribution in [0.3, 0.4) is 0 Å².